The quantitative estimate of drug-likeness (QED) is 0.867. The summed E-state index contributed by atoms with van der Waals surface area (Å²) in [6, 6.07) is 5.97. The first-order valence-corrected chi connectivity index (χ1v) is 8.87. The highest BCUT2D eigenvalue weighted by atomic mass is 32.1. The van der Waals surface area contributed by atoms with Gasteiger partial charge in [0.05, 0.1) is 16.0 Å². The summed E-state index contributed by atoms with van der Waals surface area (Å²) in [5, 5.41) is 6.24. The summed E-state index contributed by atoms with van der Waals surface area (Å²) in [6.45, 7) is 4.04. The molecule has 1 amide bonds. The van der Waals surface area contributed by atoms with Crippen LogP contribution in [-0.4, -0.2) is 29.1 Å². The number of amides is 1. The minimum Gasteiger partial charge on any atom is -0.355 e. The van der Waals surface area contributed by atoms with Gasteiger partial charge >= 0.3 is 0 Å². The summed E-state index contributed by atoms with van der Waals surface area (Å²) in [7, 11) is 0. The van der Waals surface area contributed by atoms with Gasteiger partial charge in [-0.05, 0) is 43.0 Å². The Kier molecular flexibility index (Phi) is 3.33. The first-order chi connectivity index (χ1) is 10.7. The number of carbonyl (C=O) groups excluding carboxylic acids is 1. The van der Waals surface area contributed by atoms with E-state index in [1.54, 1.807) is 11.3 Å². The molecule has 116 valence electrons. The molecule has 22 heavy (non-hydrogen) atoms. The number of carbonyl (C=O) groups is 1. The van der Waals surface area contributed by atoms with Gasteiger partial charge in [-0.25, -0.2) is 0 Å². The minimum atomic E-state index is -0.403. The highest BCUT2D eigenvalue weighted by molar-refractivity contribution is 7.13. The summed E-state index contributed by atoms with van der Waals surface area (Å²) in [6.07, 6.45) is 4.02. The molecular formula is C17H20N2O2S. The average molecular weight is 316 g/mol. The van der Waals surface area contributed by atoms with Crippen molar-refractivity contribution in [1.29, 1.82) is 0 Å². The number of nitrogens with zero attached hydrogens (tertiary/aromatic N) is 2. The molecule has 2 fully saturated rings. The summed E-state index contributed by atoms with van der Waals surface area (Å²) in [5.41, 5.74) is 0.416. The average Bonchev–Trinajstić information content (AvgIpc) is 2.96. The van der Waals surface area contributed by atoms with E-state index in [4.69, 9.17) is 4.52 Å². The van der Waals surface area contributed by atoms with Gasteiger partial charge in [-0.2, -0.15) is 0 Å². The van der Waals surface area contributed by atoms with Crippen LogP contribution in [0.2, 0.25) is 0 Å². The van der Waals surface area contributed by atoms with Gasteiger partial charge < -0.3 is 9.42 Å². The maximum Gasteiger partial charge on any atom is 0.234 e. The smallest absolute Gasteiger partial charge is 0.234 e. The minimum absolute atomic E-state index is 0.255. The molecule has 2 aliphatic rings. The first-order valence-electron chi connectivity index (χ1n) is 7.99. The fourth-order valence-corrected chi connectivity index (χ4v) is 3.93. The molecule has 4 nitrogen and oxygen atoms in total. The number of aromatic nitrogens is 1. The predicted octanol–water partition coefficient (Wildman–Crippen LogP) is 3.69. The third kappa shape index (κ3) is 2.28. The second kappa shape index (κ2) is 5.23. The van der Waals surface area contributed by atoms with E-state index in [0.29, 0.717) is 0 Å². The largest absolute Gasteiger partial charge is 0.355 e. The Morgan fingerprint density at radius 2 is 2.18 bits per heavy atom. The zero-order valence-corrected chi connectivity index (χ0v) is 13.6. The molecule has 0 N–H and O–H groups in total. The number of hydrogen-bond acceptors (Lipinski definition) is 4. The van der Waals surface area contributed by atoms with E-state index < -0.39 is 5.41 Å². The Morgan fingerprint density at radius 1 is 1.41 bits per heavy atom. The molecule has 0 bridgehead atoms. The molecule has 1 aliphatic carbocycles. The van der Waals surface area contributed by atoms with E-state index in [1.807, 2.05) is 28.5 Å². The molecule has 2 aromatic heterocycles. The maximum atomic E-state index is 12.9. The normalized spacial score (nSPS) is 21.0. The molecule has 3 heterocycles. The number of rotatable bonds is 3. The highest BCUT2D eigenvalue weighted by Crippen LogP contribution is 2.50. The van der Waals surface area contributed by atoms with Crippen molar-refractivity contribution >= 4 is 17.2 Å². The zero-order valence-electron chi connectivity index (χ0n) is 12.7. The van der Waals surface area contributed by atoms with Crippen LogP contribution in [0.4, 0.5) is 0 Å². The van der Waals surface area contributed by atoms with Gasteiger partial charge in [0.15, 0.2) is 5.76 Å². The van der Waals surface area contributed by atoms with Crippen LogP contribution in [0, 0.1) is 5.92 Å². The fourth-order valence-electron chi connectivity index (χ4n) is 3.25. The van der Waals surface area contributed by atoms with Gasteiger partial charge in [-0.3, -0.25) is 4.79 Å². The van der Waals surface area contributed by atoms with Crippen LogP contribution in [0.3, 0.4) is 0 Å². The maximum absolute atomic E-state index is 12.9. The molecule has 4 rings (SSSR count). The summed E-state index contributed by atoms with van der Waals surface area (Å²) in [4.78, 5) is 16.0. The fraction of sp³-hybridized carbons (Fsp3) is 0.529. The van der Waals surface area contributed by atoms with E-state index in [0.717, 1.165) is 61.0 Å². The van der Waals surface area contributed by atoms with Crippen molar-refractivity contribution in [2.24, 2.45) is 5.92 Å². The molecular weight excluding hydrogens is 296 g/mol. The van der Waals surface area contributed by atoms with Crippen LogP contribution in [0.1, 0.15) is 38.3 Å². The third-order valence-electron chi connectivity index (χ3n) is 4.99. The Balaban J connectivity index is 1.55. The molecule has 1 saturated carbocycles. The van der Waals surface area contributed by atoms with Crippen molar-refractivity contribution in [3.63, 3.8) is 0 Å². The van der Waals surface area contributed by atoms with Crippen LogP contribution in [0.15, 0.2) is 28.1 Å². The molecule has 2 aromatic rings. The highest BCUT2D eigenvalue weighted by Gasteiger charge is 2.55. The lowest BCUT2D eigenvalue weighted by Crippen LogP contribution is -2.43. The Bertz CT molecular complexity index is 665. The van der Waals surface area contributed by atoms with E-state index >= 15 is 0 Å². The molecule has 1 saturated heterocycles. The van der Waals surface area contributed by atoms with Crippen molar-refractivity contribution in [3.05, 3.63) is 29.3 Å². The summed E-state index contributed by atoms with van der Waals surface area (Å²) >= 11 is 1.63. The van der Waals surface area contributed by atoms with Crippen LogP contribution >= 0.6 is 11.3 Å². The van der Waals surface area contributed by atoms with Gasteiger partial charge in [0.1, 0.15) is 0 Å². The molecule has 0 aromatic carbocycles. The first kappa shape index (κ1) is 14.0. The van der Waals surface area contributed by atoms with Crippen LogP contribution in [0.5, 0.6) is 0 Å². The van der Waals surface area contributed by atoms with Crippen LogP contribution in [-0.2, 0) is 10.2 Å². The molecule has 0 spiro atoms. The lowest BCUT2D eigenvalue weighted by Gasteiger charge is -2.32. The van der Waals surface area contributed by atoms with Gasteiger partial charge in [0.2, 0.25) is 5.91 Å². The number of thiophene rings is 1. The number of likely N-dealkylation sites (tertiary alicyclic amines) is 1. The van der Waals surface area contributed by atoms with Gasteiger partial charge in [-0.1, -0.05) is 18.1 Å². The van der Waals surface area contributed by atoms with Gasteiger partial charge in [-0.15, -0.1) is 11.3 Å². The zero-order chi connectivity index (χ0) is 15.2. The van der Waals surface area contributed by atoms with E-state index in [-0.39, 0.29) is 5.91 Å². The van der Waals surface area contributed by atoms with Crippen molar-refractivity contribution in [2.45, 2.75) is 38.0 Å². The van der Waals surface area contributed by atoms with Crippen molar-refractivity contribution in [1.82, 2.24) is 10.1 Å². The third-order valence-corrected chi connectivity index (χ3v) is 5.88. The Hall–Kier alpha value is -1.62. The second-order valence-corrected chi connectivity index (χ2v) is 7.56. The molecule has 0 atom stereocenters. The van der Waals surface area contributed by atoms with Gasteiger partial charge in [0.25, 0.3) is 0 Å². The van der Waals surface area contributed by atoms with E-state index in [2.05, 4.69) is 12.1 Å². The Labute approximate surface area is 134 Å². The van der Waals surface area contributed by atoms with Gasteiger partial charge in [0, 0.05) is 19.2 Å². The SMILES string of the molecule is CC1CCN(C(=O)C2(c3cc(-c4cccs4)on3)CC2)CC1. The summed E-state index contributed by atoms with van der Waals surface area (Å²) in [5.74, 6) is 1.76. The van der Waals surface area contributed by atoms with Crippen LogP contribution in [0.25, 0.3) is 10.6 Å². The molecule has 5 heteroatoms. The van der Waals surface area contributed by atoms with Crippen LogP contribution < -0.4 is 0 Å². The number of piperidine rings is 1. The van der Waals surface area contributed by atoms with E-state index in [1.165, 1.54) is 0 Å². The second-order valence-electron chi connectivity index (χ2n) is 6.61. The van der Waals surface area contributed by atoms with Crippen molar-refractivity contribution < 1.29 is 9.32 Å². The topological polar surface area (TPSA) is 46.3 Å². The van der Waals surface area contributed by atoms with Crippen molar-refractivity contribution in [3.8, 4) is 10.6 Å². The summed E-state index contributed by atoms with van der Waals surface area (Å²) < 4.78 is 5.48. The Morgan fingerprint density at radius 3 is 2.82 bits per heavy atom. The van der Waals surface area contributed by atoms with Crippen molar-refractivity contribution in [2.75, 3.05) is 13.1 Å². The standard InChI is InChI=1S/C17H20N2O2S/c1-12-4-8-19(9-5-12)16(20)17(6-7-17)15-11-13(21-18-15)14-3-2-10-22-14/h2-3,10-12H,4-9H2,1H3. The number of hydrogen-bond donors (Lipinski definition) is 0. The molecule has 0 unspecified atom stereocenters. The lowest BCUT2D eigenvalue weighted by molar-refractivity contribution is -0.135. The predicted molar refractivity (Wildman–Crippen MR) is 85.7 cm³/mol. The van der Waals surface area contributed by atoms with E-state index in [9.17, 15) is 4.79 Å². The molecule has 1 aliphatic heterocycles. The lowest BCUT2D eigenvalue weighted by atomic mass is 9.95. The monoisotopic (exact) mass is 316 g/mol. The molecule has 0 radical (unpaired) electrons.